The van der Waals surface area contributed by atoms with Crippen LogP contribution in [0.5, 0.6) is 11.5 Å². The van der Waals surface area contributed by atoms with E-state index in [0.29, 0.717) is 48.0 Å². The van der Waals surface area contributed by atoms with Crippen molar-refractivity contribution in [2.45, 2.75) is 37.5 Å². The summed E-state index contributed by atoms with van der Waals surface area (Å²) in [5, 5.41) is 2.98. The molecular formula is C29H27F3N2O6. The van der Waals surface area contributed by atoms with Gasteiger partial charge in [0.25, 0.3) is 0 Å². The number of fused-ring (bicyclic) bond motifs is 4. The Labute approximate surface area is 228 Å². The molecule has 40 heavy (non-hydrogen) atoms. The quantitative estimate of drug-likeness (QED) is 0.438. The first-order valence-corrected chi connectivity index (χ1v) is 12.9. The molecule has 3 aliphatic rings. The van der Waals surface area contributed by atoms with E-state index in [1.165, 1.54) is 6.07 Å². The van der Waals surface area contributed by atoms with E-state index in [2.05, 4.69) is 5.32 Å². The Bertz CT molecular complexity index is 1480. The summed E-state index contributed by atoms with van der Waals surface area (Å²) in [5.41, 5.74) is -0.347. The number of carbonyl (C=O) groups excluding carboxylic acids is 2. The lowest BCUT2D eigenvalue weighted by molar-refractivity contribution is -0.153. The molecule has 1 aromatic heterocycles. The number of ether oxygens (including phenoxy) is 3. The number of nitrogens with zero attached hydrogens (tertiary/aromatic N) is 1. The van der Waals surface area contributed by atoms with Crippen LogP contribution in [-0.4, -0.2) is 48.8 Å². The molecule has 11 heteroatoms. The van der Waals surface area contributed by atoms with Gasteiger partial charge in [-0.1, -0.05) is 24.3 Å². The van der Waals surface area contributed by atoms with Crippen LogP contribution in [0.2, 0.25) is 0 Å². The average molecular weight is 557 g/mol. The van der Waals surface area contributed by atoms with Gasteiger partial charge in [0.2, 0.25) is 11.7 Å². The molecule has 3 aromatic rings. The van der Waals surface area contributed by atoms with Crippen molar-refractivity contribution in [3.63, 3.8) is 0 Å². The summed E-state index contributed by atoms with van der Waals surface area (Å²) in [6, 6.07) is 14.7. The monoisotopic (exact) mass is 556 g/mol. The summed E-state index contributed by atoms with van der Waals surface area (Å²) in [6.45, 7) is 5.07. The summed E-state index contributed by atoms with van der Waals surface area (Å²) in [5.74, 6) is -0.984. The van der Waals surface area contributed by atoms with Gasteiger partial charge < -0.3 is 28.8 Å². The molecule has 4 heterocycles. The van der Waals surface area contributed by atoms with Gasteiger partial charge in [0, 0.05) is 29.7 Å². The van der Waals surface area contributed by atoms with Gasteiger partial charge in [-0.2, -0.15) is 13.2 Å². The number of alkyl halides is 3. The molecule has 3 aliphatic heterocycles. The van der Waals surface area contributed by atoms with Crippen molar-refractivity contribution in [2.24, 2.45) is 5.92 Å². The molecule has 2 aromatic carbocycles. The van der Waals surface area contributed by atoms with Gasteiger partial charge in [-0.05, 0) is 43.7 Å². The van der Waals surface area contributed by atoms with Gasteiger partial charge in [-0.15, -0.1) is 0 Å². The molecule has 0 bridgehead atoms. The molecule has 1 spiro atoms. The molecular weight excluding hydrogens is 529 g/mol. The molecule has 6 rings (SSSR count). The normalized spacial score (nSPS) is 22.9. The van der Waals surface area contributed by atoms with Crippen LogP contribution in [-0.2, 0) is 27.5 Å². The van der Waals surface area contributed by atoms with Crippen molar-refractivity contribution in [3.05, 3.63) is 77.2 Å². The maximum Gasteiger partial charge on any atom is 0.449 e. The number of anilines is 1. The van der Waals surface area contributed by atoms with Crippen LogP contribution >= 0.6 is 0 Å². The molecule has 0 radical (unpaired) electrons. The molecule has 2 amide bonds. The van der Waals surface area contributed by atoms with Crippen LogP contribution in [0.25, 0.3) is 0 Å². The van der Waals surface area contributed by atoms with E-state index in [-0.39, 0.29) is 30.8 Å². The highest BCUT2D eigenvalue weighted by atomic mass is 19.4. The Morgan fingerprint density at radius 1 is 1.07 bits per heavy atom. The highest BCUT2D eigenvalue weighted by molar-refractivity contribution is 6.09. The third-order valence-electron chi connectivity index (χ3n) is 7.89. The second-order valence-corrected chi connectivity index (χ2v) is 10.6. The highest BCUT2D eigenvalue weighted by Gasteiger charge is 2.62. The summed E-state index contributed by atoms with van der Waals surface area (Å²) in [7, 11) is 0. The lowest BCUT2D eigenvalue weighted by atomic mass is 9.58. The Kier molecular flexibility index (Phi) is 6.01. The molecule has 1 N–H and O–H groups in total. The second kappa shape index (κ2) is 9.21. The van der Waals surface area contributed by atoms with Crippen LogP contribution in [0.3, 0.4) is 0 Å². The number of halogens is 3. The largest absolute Gasteiger partial charge is 0.492 e. The molecule has 1 fully saturated rings. The van der Waals surface area contributed by atoms with E-state index in [1.807, 2.05) is 32.0 Å². The molecule has 2 atom stereocenters. The van der Waals surface area contributed by atoms with Crippen LogP contribution < -0.4 is 14.8 Å². The Morgan fingerprint density at radius 2 is 1.88 bits per heavy atom. The highest BCUT2D eigenvalue weighted by Crippen LogP contribution is 2.58. The topological polar surface area (TPSA) is 90.2 Å². The second-order valence-electron chi connectivity index (χ2n) is 10.6. The zero-order valence-electron chi connectivity index (χ0n) is 21.8. The van der Waals surface area contributed by atoms with Crippen molar-refractivity contribution in [1.82, 2.24) is 4.90 Å². The average Bonchev–Trinajstić information content (AvgIpc) is 3.60. The van der Waals surface area contributed by atoms with Crippen LogP contribution in [0, 0.1) is 5.92 Å². The zero-order chi connectivity index (χ0) is 28.3. The van der Waals surface area contributed by atoms with Gasteiger partial charge in [0.05, 0.1) is 13.1 Å². The Balaban J connectivity index is 1.39. The molecule has 0 aliphatic carbocycles. The van der Waals surface area contributed by atoms with Crippen LogP contribution in [0.1, 0.15) is 36.5 Å². The van der Waals surface area contributed by atoms with E-state index in [1.54, 1.807) is 29.2 Å². The van der Waals surface area contributed by atoms with Crippen molar-refractivity contribution in [2.75, 3.05) is 31.6 Å². The van der Waals surface area contributed by atoms with Gasteiger partial charge in [0.1, 0.15) is 41.5 Å². The standard InChI is InChI=1S/C29H27F3N2O6/c1-27(2)23(16-18-8-10-24(39-18)29(30,31)32)28(19-5-3-4-6-21(19)33-25(28)35)20-9-7-17(15-22(20)40-27)37-13-11-34-12-14-38-26(34)36/h3-10,15,23H,11-14,16H2,1-2H3,(H,33,35)/t23?,28-/m1/s1. The predicted octanol–water partition coefficient (Wildman–Crippen LogP) is 5.40. The number of furan rings is 1. The smallest absolute Gasteiger partial charge is 0.449 e. The number of amides is 2. The van der Waals surface area contributed by atoms with Gasteiger partial charge >= 0.3 is 12.3 Å². The number of benzene rings is 2. The van der Waals surface area contributed by atoms with Crippen LogP contribution in [0.15, 0.2) is 59.0 Å². The number of cyclic esters (lactones) is 1. The van der Waals surface area contributed by atoms with E-state index >= 15 is 0 Å². The summed E-state index contributed by atoms with van der Waals surface area (Å²) in [6.07, 6.45) is -4.98. The van der Waals surface area contributed by atoms with Crippen molar-refractivity contribution < 1.29 is 41.4 Å². The van der Waals surface area contributed by atoms with Crippen molar-refractivity contribution in [1.29, 1.82) is 0 Å². The van der Waals surface area contributed by atoms with E-state index in [9.17, 15) is 22.8 Å². The SMILES string of the molecule is CC1(C)Oc2cc(OCCN3CCOC3=O)ccc2[C@@]2(C(=O)Nc3ccccc32)C1Cc1ccc(C(F)(F)F)o1. The van der Waals surface area contributed by atoms with E-state index < -0.39 is 28.9 Å². The summed E-state index contributed by atoms with van der Waals surface area (Å²) < 4.78 is 62.4. The Hall–Kier alpha value is -4.15. The summed E-state index contributed by atoms with van der Waals surface area (Å²) in [4.78, 5) is 27.2. The van der Waals surface area contributed by atoms with E-state index in [0.717, 1.165) is 6.07 Å². The third kappa shape index (κ3) is 4.15. The van der Waals surface area contributed by atoms with Crippen molar-refractivity contribution >= 4 is 17.7 Å². The fourth-order valence-electron chi connectivity index (χ4n) is 6.10. The maximum atomic E-state index is 14.0. The first kappa shape index (κ1) is 26.1. The number of rotatable bonds is 6. The first-order valence-electron chi connectivity index (χ1n) is 12.9. The lowest BCUT2D eigenvalue weighted by Gasteiger charge is -2.50. The van der Waals surface area contributed by atoms with Gasteiger partial charge in [0.15, 0.2) is 0 Å². The maximum absolute atomic E-state index is 14.0. The fraction of sp³-hybridized carbons (Fsp3) is 0.379. The number of nitrogens with one attached hydrogen (secondary N) is 1. The number of hydrogen-bond acceptors (Lipinski definition) is 6. The predicted molar refractivity (Wildman–Crippen MR) is 136 cm³/mol. The minimum Gasteiger partial charge on any atom is -0.492 e. The third-order valence-corrected chi connectivity index (χ3v) is 7.89. The molecule has 1 saturated heterocycles. The zero-order valence-corrected chi connectivity index (χ0v) is 21.8. The fourth-order valence-corrected chi connectivity index (χ4v) is 6.10. The first-order chi connectivity index (χ1) is 19.0. The summed E-state index contributed by atoms with van der Waals surface area (Å²) >= 11 is 0. The minimum atomic E-state index is -4.62. The molecule has 8 nitrogen and oxygen atoms in total. The number of hydrogen-bond donors (Lipinski definition) is 1. The minimum absolute atomic E-state index is 0.0223. The van der Waals surface area contributed by atoms with Gasteiger partial charge in [-0.3, -0.25) is 4.79 Å². The van der Waals surface area contributed by atoms with E-state index in [4.69, 9.17) is 18.6 Å². The number of para-hydroxylation sites is 1. The van der Waals surface area contributed by atoms with Gasteiger partial charge in [-0.25, -0.2) is 4.79 Å². The van der Waals surface area contributed by atoms with Crippen LogP contribution in [0.4, 0.5) is 23.7 Å². The molecule has 0 saturated carbocycles. The Morgan fingerprint density at radius 3 is 2.60 bits per heavy atom. The lowest BCUT2D eigenvalue weighted by Crippen LogP contribution is -2.58. The van der Waals surface area contributed by atoms with Crippen molar-refractivity contribution in [3.8, 4) is 11.5 Å². The molecule has 210 valence electrons. The number of carbonyl (C=O) groups is 2. The molecule has 1 unspecified atom stereocenters.